The molecule has 0 saturated heterocycles. The molecule has 3 aromatic rings. The number of carbonyl (C=O) groups excluding carboxylic acids is 2. The molecule has 2 aromatic heterocycles. The van der Waals surface area contributed by atoms with Gasteiger partial charge >= 0.3 is 5.97 Å². The van der Waals surface area contributed by atoms with E-state index in [0.717, 1.165) is 35.5 Å². The van der Waals surface area contributed by atoms with E-state index in [1.165, 1.54) is 13.3 Å². The molecule has 0 unspecified atom stereocenters. The summed E-state index contributed by atoms with van der Waals surface area (Å²) < 4.78 is 4.86. The van der Waals surface area contributed by atoms with Gasteiger partial charge in [-0.1, -0.05) is 17.7 Å². The van der Waals surface area contributed by atoms with Crippen LogP contribution in [-0.2, 0) is 11.3 Å². The standard InChI is InChI=1S/C24H24N4O3/c1-15-3-8-18(9-4-15)28-23(29)17-7-12-21(25-13-17)26-14-19-10-11-20(24(30)31-2)22(27-19)16-5-6-16/h3-4,7-13,16H,5-6,14H2,1-2H3,(H,25,26)(H,28,29). The molecule has 1 aliphatic carbocycles. The summed E-state index contributed by atoms with van der Waals surface area (Å²) in [7, 11) is 1.38. The van der Waals surface area contributed by atoms with Crippen molar-refractivity contribution in [2.24, 2.45) is 0 Å². The second-order valence-corrected chi connectivity index (χ2v) is 7.61. The van der Waals surface area contributed by atoms with E-state index >= 15 is 0 Å². The zero-order valence-corrected chi connectivity index (χ0v) is 17.5. The van der Waals surface area contributed by atoms with Crippen LogP contribution in [0.25, 0.3) is 0 Å². The summed E-state index contributed by atoms with van der Waals surface area (Å²) >= 11 is 0. The molecule has 0 aliphatic heterocycles. The first-order chi connectivity index (χ1) is 15.0. The summed E-state index contributed by atoms with van der Waals surface area (Å²) in [4.78, 5) is 33.3. The number of nitrogens with one attached hydrogen (secondary N) is 2. The number of aromatic nitrogens is 2. The molecular weight excluding hydrogens is 392 g/mol. The molecular formula is C24H24N4O3. The Labute approximate surface area is 180 Å². The molecule has 1 saturated carbocycles. The van der Waals surface area contributed by atoms with Crippen molar-refractivity contribution in [3.8, 4) is 0 Å². The van der Waals surface area contributed by atoms with E-state index in [1.54, 1.807) is 18.2 Å². The first-order valence-electron chi connectivity index (χ1n) is 10.2. The number of anilines is 2. The van der Waals surface area contributed by atoms with E-state index in [4.69, 9.17) is 4.74 Å². The van der Waals surface area contributed by atoms with Gasteiger partial charge < -0.3 is 15.4 Å². The normalized spacial score (nSPS) is 12.8. The maximum atomic E-state index is 12.4. The molecule has 4 rings (SSSR count). The fourth-order valence-electron chi connectivity index (χ4n) is 3.22. The predicted molar refractivity (Wildman–Crippen MR) is 118 cm³/mol. The Morgan fingerprint density at radius 3 is 2.48 bits per heavy atom. The first-order valence-corrected chi connectivity index (χ1v) is 10.2. The van der Waals surface area contributed by atoms with Gasteiger partial charge in [-0.3, -0.25) is 9.78 Å². The third-order valence-corrected chi connectivity index (χ3v) is 5.14. The van der Waals surface area contributed by atoms with Gasteiger partial charge in [0.25, 0.3) is 5.91 Å². The molecule has 31 heavy (non-hydrogen) atoms. The summed E-state index contributed by atoms with van der Waals surface area (Å²) in [6, 6.07) is 14.7. The lowest BCUT2D eigenvalue weighted by molar-refractivity contribution is 0.0598. The highest BCUT2D eigenvalue weighted by atomic mass is 16.5. The average Bonchev–Trinajstić information content (AvgIpc) is 3.64. The monoisotopic (exact) mass is 416 g/mol. The van der Waals surface area contributed by atoms with Gasteiger partial charge in [-0.25, -0.2) is 9.78 Å². The minimum atomic E-state index is -0.352. The lowest BCUT2D eigenvalue weighted by Crippen LogP contribution is -2.13. The van der Waals surface area contributed by atoms with Crippen molar-refractivity contribution >= 4 is 23.4 Å². The lowest BCUT2D eigenvalue weighted by atomic mass is 10.1. The van der Waals surface area contributed by atoms with Crippen LogP contribution in [0.2, 0.25) is 0 Å². The Bertz CT molecular complexity index is 1090. The number of pyridine rings is 2. The van der Waals surface area contributed by atoms with Crippen LogP contribution in [0.1, 0.15) is 56.4 Å². The summed E-state index contributed by atoms with van der Waals surface area (Å²) in [5, 5.41) is 6.07. The van der Waals surface area contributed by atoms with Gasteiger partial charge in [0, 0.05) is 17.8 Å². The van der Waals surface area contributed by atoms with Crippen LogP contribution >= 0.6 is 0 Å². The Kier molecular flexibility index (Phi) is 5.93. The lowest BCUT2D eigenvalue weighted by Gasteiger charge is -2.10. The van der Waals surface area contributed by atoms with E-state index in [0.29, 0.717) is 29.4 Å². The van der Waals surface area contributed by atoms with Crippen molar-refractivity contribution < 1.29 is 14.3 Å². The number of rotatable bonds is 7. The van der Waals surface area contributed by atoms with E-state index in [2.05, 4.69) is 20.6 Å². The maximum Gasteiger partial charge on any atom is 0.339 e. The summed E-state index contributed by atoms with van der Waals surface area (Å²) in [5.41, 5.74) is 4.51. The van der Waals surface area contributed by atoms with Gasteiger partial charge in [0.05, 0.1) is 36.2 Å². The number of aryl methyl sites for hydroxylation is 1. The Morgan fingerprint density at radius 2 is 1.84 bits per heavy atom. The van der Waals surface area contributed by atoms with Gasteiger partial charge in [-0.15, -0.1) is 0 Å². The van der Waals surface area contributed by atoms with Crippen LogP contribution in [0.4, 0.5) is 11.5 Å². The SMILES string of the molecule is COC(=O)c1ccc(CNc2ccc(C(=O)Nc3ccc(C)cc3)cn2)nc1C1CC1. The Balaban J connectivity index is 1.38. The molecule has 1 aliphatic rings. The number of methoxy groups -OCH3 is 1. The molecule has 7 nitrogen and oxygen atoms in total. The number of amides is 1. The highest BCUT2D eigenvalue weighted by Crippen LogP contribution is 2.40. The third-order valence-electron chi connectivity index (χ3n) is 5.14. The van der Waals surface area contributed by atoms with Crippen LogP contribution in [0, 0.1) is 6.92 Å². The topological polar surface area (TPSA) is 93.2 Å². The fraction of sp³-hybridized carbons (Fsp3) is 0.250. The number of nitrogens with zero attached hydrogens (tertiary/aromatic N) is 2. The van der Waals surface area contributed by atoms with Crippen molar-refractivity contribution in [2.45, 2.75) is 32.2 Å². The smallest absolute Gasteiger partial charge is 0.339 e. The molecule has 2 N–H and O–H groups in total. The number of carbonyl (C=O) groups is 2. The molecule has 0 radical (unpaired) electrons. The number of hydrogen-bond acceptors (Lipinski definition) is 6. The van der Waals surface area contributed by atoms with Gasteiger partial charge in [-0.05, 0) is 56.2 Å². The second kappa shape index (κ2) is 8.95. The van der Waals surface area contributed by atoms with Crippen LogP contribution < -0.4 is 10.6 Å². The molecule has 0 atom stereocenters. The summed E-state index contributed by atoms with van der Waals surface area (Å²) in [5.74, 6) is 0.407. The van der Waals surface area contributed by atoms with E-state index in [1.807, 2.05) is 37.3 Å². The van der Waals surface area contributed by atoms with E-state index in [9.17, 15) is 9.59 Å². The van der Waals surface area contributed by atoms with Crippen LogP contribution in [0.15, 0.2) is 54.7 Å². The molecule has 1 aromatic carbocycles. The molecule has 7 heteroatoms. The molecule has 0 bridgehead atoms. The summed E-state index contributed by atoms with van der Waals surface area (Å²) in [6.07, 6.45) is 3.62. The van der Waals surface area contributed by atoms with Crippen molar-refractivity contribution in [1.29, 1.82) is 0 Å². The van der Waals surface area contributed by atoms with Crippen LogP contribution in [0.5, 0.6) is 0 Å². The first kappa shape index (κ1) is 20.5. The van der Waals surface area contributed by atoms with E-state index in [-0.39, 0.29) is 11.9 Å². The summed E-state index contributed by atoms with van der Waals surface area (Å²) in [6.45, 7) is 2.46. The van der Waals surface area contributed by atoms with Gasteiger partial charge in [0.2, 0.25) is 0 Å². The van der Waals surface area contributed by atoms with Crippen LogP contribution in [0.3, 0.4) is 0 Å². The predicted octanol–water partition coefficient (Wildman–Crippen LogP) is 4.31. The van der Waals surface area contributed by atoms with Gasteiger partial charge in [0.15, 0.2) is 0 Å². The van der Waals surface area contributed by atoms with Gasteiger partial charge in [-0.2, -0.15) is 0 Å². The minimum absolute atomic E-state index is 0.211. The number of hydrogen-bond donors (Lipinski definition) is 2. The Morgan fingerprint density at radius 1 is 1.06 bits per heavy atom. The highest BCUT2D eigenvalue weighted by molar-refractivity contribution is 6.04. The molecule has 158 valence electrons. The fourth-order valence-corrected chi connectivity index (χ4v) is 3.22. The molecule has 2 heterocycles. The third kappa shape index (κ3) is 5.06. The van der Waals surface area contributed by atoms with Gasteiger partial charge in [0.1, 0.15) is 5.82 Å². The zero-order chi connectivity index (χ0) is 21.8. The number of esters is 1. The molecule has 1 fully saturated rings. The molecule has 1 amide bonds. The van der Waals surface area contributed by atoms with Crippen molar-refractivity contribution in [2.75, 3.05) is 17.7 Å². The van der Waals surface area contributed by atoms with Crippen molar-refractivity contribution in [1.82, 2.24) is 9.97 Å². The molecule has 0 spiro atoms. The number of ether oxygens (including phenoxy) is 1. The van der Waals surface area contributed by atoms with Crippen molar-refractivity contribution in [3.05, 3.63) is 82.8 Å². The highest BCUT2D eigenvalue weighted by Gasteiger charge is 2.30. The van der Waals surface area contributed by atoms with Crippen LogP contribution in [-0.4, -0.2) is 29.0 Å². The Hall–Kier alpha value is -3.74. The average molecular weight is 416 g/mol. The quantitative estimate of drug-likeness (QED) is 0.558. The van der Waals surface area contributed by atoms with E-state index < -0.39 is 0 Å². The second-order valence-electron chi connectivity index (χ2n) is 7.61. The largest absolute Gasteiger partial charge is 0.465 e. The van der Waals surface area contributed by atoms with Crippen molar-refractivity contribution in [3.63, 3.8) is 0 Å². The minimum Gasteiger partial charge on any atom is -0.465 e. The maximum absolute atomic E-state index is 12.4. The number of benzene rings is 1. The zero-order valence-electron chi connectivity index (χ0n) is 17.5.